The van der Waals surface area contributed by atoms with E-state index in [0.717, 1.165) is 38.8 Å². The van der Waals surface area contributed by atoms with Crippen LogP contribution in [-0.4, -0.2) is 67.8 Å². The molecular weight excluding hydrogens is 332 g/mol. The van der Waals surface area contributed by atoms with Crippen LogP contribution in [0.15, 0.2) is 30.7 Å². The monoisotopic (exact) mass is 354 g/mol. The van der Waals surface area contributed by atoms with Crippen LogP contribution in [-0.2, 0) is 0 Å². The summed E-state index contributed by atoms with van der Waals surface area (Å²) >= 11 is 0. The number of likely N-dealkylation sites (tertiary alicyclic amines) is 2. The molecule has 136 valence electrons. The van der Waals surface area contributed by atoms with E-state index in [1.165, 1.54) is 0 Å². The Labute approximate surface area is 151 Å². The Hall–Kier alpha value is -2.77. The minimum atomic E-state index is -0.0297. The number of hydrogen-bond acceptors (Lipinski definition) is 5. The van der Waals surface area contributed by atoms with Crippen LogP contribution in [0.5, 0.6) is 0 Å². The normalized spacial score (nSPS) is 18.3. The van der Waals surface area contributed by atoms with E-state index >= 15 is 0 Å². The minimum absolute atomic E-state index is 0.0139. The molecule has 0 unspecified atom stereocenters. The highest BCUT2D eigenvalue weighted by molar-refractivity contribution is 5.94. The van der Waals surface area contributed by atoms with Crippen molar-refractivity contribution in [2.24, 2.45) is 0 Å². The van der Waals surface area contributed by atoms with Crippen LogP contribution in [0.2, 0.25) is 0 Å². The molecule has 2 amide bonds. The van der Waals surface area contributed by atoms with Gasteiger partial charge in [0.15, 0.2) is 5.69 Å². The van der Waals surface area contributed by atoms with Gasteiger partial charge in [0.1, 0.15) is 0 Å². The maximum atomic E-state index is 12.5. The molecule has 26 heavy (non-hydrogen) atoms. The third-order valence-corrected chi connectivity index (χ3v) is 5.16. The van der Waals surface area contributed by atoms with Gasteiger partial charge in [-0.05, 0) is 37.8 Å². The highest BCUT2D eigenvalue weighted by Crippen LogP contribution is 2.23. The quantitative estimate of drug-likeness (QED) is 0.831. The maximum Gasteiger partial charge on any atom is 0.276 e. The topological polar surface area (TPSA) is 84.2 Å². The summed E-state index contributed by atoms with van der Waals surface area (Å²) in [7, 11) is 0. The number of carbonyl (C=O) groups excluding carboxylic acids is 2. The standard InChI is InChI=1S/C18H22N6O2/c25-17(14-4-3-7-19-12-14)23-10-5-15(6-11-23)24-13-16(20-21-24)18(26)22-8-1-2-9-22/h3-4,7,12-13,15H,1-2,5-6,8-11H2. The fourth-order valence-electron chi connectivity index (χ4n) is 3.64. The van der Waals surface area contributed by atoms with E-state index in [4.69, 9.17) is 0 Å². The Bertz CT molecular complexity index is 776. The van der Waals surface area contributed by atoms with Crippen molar-refractivity contribution in [3.05, 3.63) is 42.0 Å². The molecule has 4 heterocycles. The summed E-state index contributed by atoms with van der Waals surface area (Å²) in [6.45, 7) is 2.93. The van der Waals surface area contributed by atoms with Crippen molar-refractivity contribution in [3.63, 3.8) is 0 Å². The largest absolute Gasteiger partial charge is 0.338 e. The van der Waals surface area contributed by atoms with Crippen molar-refractivity contribution in [3.8, 4) is 0 Å². The number of pyridine rings is 1. The van der Waals surface area contributed by atoms with Crippen LogP contribution < -0.4 is 0 Å². The van der Waals surface area contributed by atoms with Gasteiger partial charge in [-0.15, -0.1) is 5.10 Å². The first-order valence-electron chi connectivity index (χ1n) is 9.13. The molecule has 8 nitrogen and oxygen atoms in total. The van der Waals surface area contributed by atoms with Gasteiger partial charge in [0.05, 0.1) is 17.8 Å². The van der Waals surface area contributed by atoms with Crippen molar-refractivity contribution in [2.75, 3.05) is 26.2 Å². The highest BCUT2D eigenvalue weighted by Gasteiger charge is 2.27. The van der Waals surface area contributed by atoms with Gasteiger partial charge in [0.2, 0.25) is 0 Å². The van der Waals surface area contributed by atoms with E-state index in [-0.39, 0.29) is 17.9 Å². The lowest BCUT2D eigenvalue weighted by Gasteiger charge is -2.31. The van der Waals surface area contributed by atoms with Crippen molar-refractivity contribution in [1.29, 1.82) is 0 Å². The summed E-state index contributed by atoms with van der Waals surface area (Å²) in [5.41, 5.74) is 1.03. The maximum absolute atomic E-state index is 12.5. The molecule has 8 heteroatoms. The second-order valence-electron chi connectivity index (χ2n) is 6.85. The number of rotatable bonds is 3. The van der Waals surface area contributed by atoms with Gasteiger partial charge in [0.25, 0.3) is 11.8 Å². The zero-order chi connectivity index (χ0) is 17.9. The predicted octanol–water partition coefficient (Wildman–Crippen LogP) is 1.39. The van der Waals surface area contributed by atoms with Gasteiger partial charge in [-0.2, -0.15) is 0 Å². The molecule has 2 saturated heterocycles. The Kier molecular flexibility index (Phi) is 4.64. The van der Waals surface area contributed by atoms with Gasteiger partial charge in [-0.3, -0.25) is 14.6 Å². The van der Waals surface area contributed by atoms with Gasteiger partial charge >= 0.3 is 0 Å². The van der Waals surface area contributed by atoms with Crippen LogP contribution in [0.3, 0.4) is 0 Å². The molecule has 0 aliphatic carbocycles. The molecule has 2 aliphatic rings. The van der Waals surface area contributed by atoms with Crippen LogP contribution in [0.25, 0.3) is 0 Å². The van der Waals surface area contributed by atoms with Crippen molar-refractivity contribution in [1.82, 2.24) is 29.8 Å². The molecule has 0 aromatic carbocycles. The first kappa shape index (κ1) is 16.7. The summed E-state index contributed by atoms with van der Waals surface area (Å²) in [5, 5.41) is 8.24. The van der Waals surface area contributed by atoms with E-state index in [0.29, 0.717) is 24.3 Å². The average Bonchev–Trinajstić information content (AvgIpc) is 3.40. The van der Waals surface area contributed by atoms with Crippen molar-refractivity contribution in [2.45, 2.75) is 31.7 Å². The van der Waals surface area contributed by atoms with E-state index in [1.807, 2.05) is 9.80 Å². The first-order valence-corrected chi connectivity index (χ1v) is 9.13. The third kappa shape index (κ3) is 3.31. The summed E-state index contributed by atoms with van der Waals surface area (Å²) in [6, 6.07) is 3.73. The molecule has 2 aromatic rings. The lowest BCUT2D eigenvalue weighted by Crippen LogP contribution is -2.39. The fraction of sp³-hybridized carbons (Fsp3) is 0.500. The second kappa shape index (κ2) is 7.23. The zero-order valence-electron chi connectivity index (χ0n) is 14.6. The smallest absolute Gasteiger partial charge is 0.276 e. The number of piperidine rings is 1. The fourth-order valence-corrected chi connectivity index (χ4v) is 3.64. The van der Waals surface area contributed by atoms with Crippen molar-refractivity contribution < 1.29 is 9.59 Å². The summed E-state index contributed by atoms with van der Waals surface area (Å²) in [5.74, 6) is -0.0158. The van der Waals surface area contributed by atoms with E-state index in [2.05, 4.69) is 15.3 Å². The molecule has 2 aliphatic heterocycles. The lowest BCUT2D eigenvalue weighted by molar-refractivity contribution is 0.0688. The van der Waals surface area contributed by atoms with Crippen LogP contribution in [0.1, 0.15) is 52.6 Å². The zero-order valence-corrected chi connectivity index (χ0v) is 14.6. The Morgan fingerprint density at radius 2 is 1.73 bits per heavy atom. The van der Waals surface area contributed by atoms with Crippen LogP contribution >= 0.6 is 0 Å². The Morgan fingerprint density at radius 1 is 1.00 bits per heavy atom. The Morgan fingerprint density at radius 3 is 2.42 bits per heavy atom. The van der Waals surface area contributed by atoms with Gasteiger partial charge < -0.3 is 9.80 Å². The van der Waals surface area contributed by atoms with Gasteiger partial charge in [-0.1, -0.05) is 5.21 Å². The highest BCUT2D eigenvalue weighted by atomic mass is 16.2. The summed E-state index contributed by atoms with van der Waals surface area (Å²) in [6.07, 6.45) is 8.73. The predicted molar refractivity (Wildman–Crippen MR) is 93.6 cm³/mol. The molecule has 0 N–H and O–H groups in total. The van der Waals surface area contributed by atoms with Gasteiger partial charge in [0, 0.05) is 38.6 Å². The van der Waals surface area contributed by atoms with Crippen LogP contribution in [0.4, 0.5) is 0 Å². The van der Waals surface area contributed by atoms with E-state index in [9.17, 15) is 9.59 Å². The molecule has 0 atom stereocenters. The number of amides is 2. The van der Waals surface area contributed by atoms with Gasteiger partial charge in [-0.25, -0.2) is 4.68 Å². The summed E-state index contributed by atoms with van der Waals surface area (Å²) < 4.78 is 1.79. The molecular formula is C18H22N6O2. The minimum Gasteiger partial charge on any atom is -0.338 e. The SMILES string of the molecule is O=C(c1cccnc1)N1CCC(n2cc(C(=O)N3CCCC3)nn2)CC1. The number of carbonyl (C=O) groups is 2. The first-order chi connectivity index (χ1) is 12.7. The molecule has 2 aromatic heterocycles. The number of hydrogen-bond donors (Lipinski definition) is 0. The van der Waals surface area contributed by atoms with Crippen molar-refractivity contribution >= 4 is 11.8 Å². The average molecular weight is 354 g/mol. The number of aromatic nitrogens is 4. The Balaban J connectivity index is 1.36. The molecule has 2 fully saturated rings. The second-order valence-corrected chi connectivity index (χ2v) is 6.85. The molecule has 0 spiro atoms. The molecule has 0 saturated carbocycles. The van der Waals surface area contributed by atoms with Crippen LogP contribution in [0, 0.1) is 0 Å². The van der Waals surface area contributed by atoms with E-state index < -0.39 is 0 Å². The van der Waals surface area contributed by atoms with E-state index in [1.54, 1.807) is 35.4 Å². The lowest BCUT2D eigenvalue weighted by atomic mass is 10.0. The third-order valence-electron chi connectivity index (χ3n) is 5.16. The number of nitrogens with zero attached hydrogens (tertiary/aromatic N) is 6. The molecule has 0 radical (unpaired) electrons. The molecule has 0 bridgehead atoms. The molecule has 4 rings (SSSR count). The summed E-state index contributed by atoms with van der Waals surface area (Å²) in [4.78, 5) is 32.6.